The predicted octanol–water partition coefficient (Wildman–Crippen LogP) is 1.42. The molecule has 82 valence electrons. The molecule has 1 heterocycles. The Morgan fingerprint density at radius 1 is 1.29 bits per heavy atom. The molecular weight excluding hydrogens is 176 g/mol. The van der Waals surface area contributed by atoms with E-state index < -0.39 is 6.23 Å². The molecule has 0 saturated heterocycles. The molecule has 1 aliphatic heterocycles. The smallest absolute Gasteiger partial charge is 0.144 e. The molecule has 0 fully saturated rings. The highest BCUT2D eigenvalue weighted by molar-refractivity contribution is 5.90. The number of hydrogen-bond donors (Lipinski definition) is 2. The highest BCUT2D eigenvalue weighted by atomic mass is 16.3. The second-order valence-corrected chi connectivity index (χ2v) is 4.80. The van der Waals surface area contributed by atoms with Crippen molar-refractivity contribution in [3.05, 3.63) is 0 Å². The summed E-state index contributed by atoms with van der Waals surface area (Å²) in [6.45, 7) is 10.5. The van der Waals surface area contributed by atoms with Crippen molar-refractivity contribution in [2.75, 3.05) is 0 Å². The summed E-state index contributed by atoms with van der Waals surface area (Å²) < 4.78 is 0. The Hall–Kier alpha value is -0.410. The number of rotatable bonds is 2. The van der Waals surface area contributed by atoms with Crippen molar-refractivity contribution in [2.45, 2.75) is 52.9 Å². The summed E-state index contributed by atoms with van der Waals surface area (Å²) in [5.74, 6) is 0.824. The Labute approximate surface area is 86.6 Å². The lowest BCUT2D eigenvalue weighted by Gasteiger charge is -2.35. The molecule has 1 rings (SSSR count). The van der Waals surface area contributed by atoms with Crippen LogP contribution in [-0.2, 0) is 0 Å². The molecule has 1 aliphatic rings. The van der Waals surface area contributed by atoms with Crippen molar-refractivity contribution in [2.24, 2.45) is 16.8 Å². The molecule has 0 saturated carbocycles. The van der Waals surface area contributed by atoms with E-state index in [0.717, 1.165) is 5.71 Å². The Balaban J connectivity index is 2.88. The van der Waals surface area contributed by atoms with Gasteiger partial charge in [-0.05, 0) is 18.8 Å². The van der Waals surface area contributed by atoms with E-state index in [1.807, 2.05) is 0 Å². The number of nitrogens with zero attached hydrogens (tertiary/aromatic N) is 1. The van der Waals surface area contributed by atoms with E-state index in [0.29, 0.717) is 11.8 Å². The van der Waals surface area contributed by atoms with Crippen LogP contribution in [0.1, 0.15) is 34.6 Å². The van der Waals surface area contributed by atoms with Gasteiger partial charge in [0.05, 0.1) is 11.8 Å². The lowest BCUT2D eigenvalue weighted by atomic mass is 9.93. The van der Waals surface area contributed by atoms with E-state index in [9.17, 15) is 5.11 Å². The molecule has 0 amide bonds. The molecule has 0 aliphatic carbocycles. The predicted molar refractivity (Wildman–Crippen MR) is 59.5 cm³/mol. The summed E-state index contributed by atoms with van der Waals surface area (Å²) >= 11 is 0. The van der Waals surface area contributed by atoms with Gasteiger partial charge in [0, 0.05) is 6.04 Å². The van der Waals surface area contributed by atoms with Gasteiger partial charge in [-0.25, -0.2) is 0 Å². The number of aliphatic hydroxyl groups excluding tert-OH is 1. The average Bonchev–Trinajstić information content (AvgIpc) is 2.02. The second kappa shape index (κ2) is 4.41. The van der Waals surface area contributed by atoms with Crippen molar-refractivity contribution in [3.63, 3.8) is 0 Å². The molecule has 0 aromatic heterocycles. The van der Waals surface area contributed by atoms with Gasteiger partial charge in [-0.1, -0.05) is 27.7 Å². The molecule has 3 nitrogen and oxygen atoms in total. The van der Waals surface area contributed by atoms with Crippen molar-refractivity contribution >= 4 is 5.71 Å². The van der Waals surface area contributed by atoms with Crippen molar-refractivity contribution in [3.8, 4) is 0 Å². The summed E-state index contributed by atoms with van der Waals surface area (Å²) in [4.78, 5) is 4.65. The highest BCUT2D eigenvalue weighted by Crippen LogP contribution is 2.18. The fraction of sp³-hybridized carbons (Fsp3) is 0.909. The van der Waals surface area contributed by atoms with Crippen molar-refractivity contribution in [1.29, 1.82) is 0 Å². The zero-order valence-electron chi connectivity index (χ0n) is 9.78. The first kappa shape index (κ1) is 11.7. The van der Waals surface area contributed by atoms with E-state index in [1.165, 1.54) is 0 Å². The van der Waals surface area contributed by atoms with Crippen LogP contribution in [0.4, 0.5) is 0 Å². The third kappa shape index (κ3) is 2.34. The zero-order chi connectivity index (χ0) is 10.9. The summed E-state index contributed by atoms with van der Waals surface area (Å²) in [7, 11) is 0. The number of nitrogens with one attached hydrogen (secondary N) is 1. The maximum atomic E-state index is 9.77. The Morgan fingerprint density at radius 3 is 2.29 bits per heavy atom. The molecule has 3 heteroatoms. The van der Waals surface area contributed by atoms with E-state index in [2.05, 4.69) is 44.9 Å². The third-order valence-corrected chi connectivity index (χ3v) is 2.79. The SMILES string of the molecule is CC(C)C1=N[C@@H](C(C)C)[C@@H](C)NC1O. The molecule has 1 unspecified atom stereocenters. The van der Waals surface area contributed by atoms with E-state index in [4.69, 9.17) is 0 Å². The van der Waals surface area contributed by atoms with Gasteiger partial charge in [-0.15, -0.1) is 0 Å². The van der Waals surface area contributed by atoms with Gasteiger partial charge in [0.25, 0.3) is 0 Å². The number of aliphatic hydroxyl groups is 1. The van der Waals surface area contributed by atoms with E-state index in [-0.39, 0.29) is 12.1 Å². The van der Waals surface area contributed by atoms with Gasteiger partial charge < -0.3 is 5.11 Å². The fourth-order valence-corrected chi connectivity index (χ4v) is 1.98. The number of aliphatic imine (C=N–C) groups is 1. The van der Waals surface area contributed by atoms with Gasteiger partial charge in [0.1, 0.15) is 6.23 Å². The standard InChI is InChI=1S/C11H22N2O/c1-6(2)9-8(5)12-11(14)10(13-9)7(3)4/h6-9,11-12,14H,1-5H3/t8-,9+,11?/m1/s1. The highest BCUT2D eigenvalue weighted by Gasteiger charge is 2.30. The maximum Gasteiger partial charge on any atom is 0.144 e. The molecule has 3 atom stereocenters. The van der Waals surface area contributed by atoms with Crippen molar-refractivity contribution < 1.29 is 5.11 Å². The molecule has 14 heavy (non-hydrogen) atoms. The topological polar surface area (TPSA) is 44.6 Å². The van der Waals surface area contributed by atoms with Crippen LogP contribution in [0.3, 0.4) is 0 Å². The first-order chi connectivity index (χ1) is 6.43. The normalized spacial score (nSPS) is 33.7. The van der Waals surface area contributed by atoms with E-state index in [1.54, 1.807) is 0 Å². The molecule has 2 N–H and O–H groups in total. The Kier molecular flexibility index (Phi) is 3.67. The van der Waals surface area contributed by atoms with Gasteiger partial charge in [-0.3, -0.25) is 10.3 Å². The largest absolute Gasteiger partial charge is 0.373 e. The van der Waals surface area contributed by atoms with Crippen LogP contribution in [-0.4, -0.2) is 29.1 Å². The minimum atomic E-state index is -0.556. The van der Waals surface area contributed by atoms with Crippen LogP contribution >= 0.6 is 0 Å². The van der Waals surface area contributed by atoms with Gasteiger partial charge in [-0.2, -0.15) is 0 Å². The van der Waals surface area contributed by atoms with Crippen LogP contribution in [0.15, 0.2) is 4.99 Å². The summed E-state index contributed by atoms with van der Waals surface area (Å²) in [5.41, 5.74) is 0.891. The third-order valence-electron chi connectivity index (χ3n) is 2.79. The first-order valence-corrected chi connectivity index (χ1v) is 5.45. The molecule has 0 aromatic rings. The van der Waals surface area contributed by atoms with Crippen LogP contribution in [0, 0.1) is 11.8 Å². The molecule has 0 spiro atoms. The minimum Gasteiger partial charge on any atom is -0.373 e. The fourth-order valence-electron chi connectivity index (χ4n) is 1.98. The monoisotopic (exact) mass is 198 g/mol. The molecule has 0 bridgehead atoms. The first-order valence-electron chi connectivity index (χ1n) is 5.45. The molecule has 0 radical (unpaired) electrons. The lowest BCUT2D eigenvalue weighted by molar-refractivity contribution is 0.157. The van der Waals surface area contributed by atoms with Crippen molar-refractivity contribution in [1.82, 2.24) is 5.32 Å². The summed E-state index contributed by atoms with van der Waals surface area (Å²) in [5, 5.41) is 12.9. The average molecular weight is 198 g/mol. The zero-order valence-corrected chi connectivity index (χ0v) is 9.78. The lowest BCUT2D eigenvalue weighted by Crippen LogP contribution is -2.54. The second-order valence-electron chi connectivity index (χ2n) is 4.80. The van der Waals surface area contributed by atoms with Crippen LogP contribution in [0.25, 0.3) is 0 Å². The summed E-state index contributed by atoms with van der Waals surface area (Å²) in [6, 6.07) is 0.545. The van der Waals surface area contributed by atoms with Gasteiger partial charge in [0.2, 0.25) is 0 Å². The van der Waals surface area contributed by atoms with Crippen LogP contribution in [0.5, 0.6) is 0 Å². The van der Waals surface area contributed by atoms with Gasteiger partial charge >= 0.3 is 0 Å². The van der Waals surface area contributed by atoms with Crippen LogP contribution < -0.4 is 5.32 Å². The minimum absolute atomic E-state index is 0.257. The Morgan fingerprint density at radius 2 is 1.86 bits per heavy atom. The molecule has 0 aromatic carbocycles. The molecular formula is C11H22N2O. The summed E-state index contributed by atoms with van der Waals surface area (Å²) in [6.07, 6.45) is -0.556. The Bertz CT molecular complexity index is 223. The van der Waals surface area contributed by atoms with Gasteiger partial charge in [0.15, 0.2) is 0 Å². The quantitative estimate of drug-likeness (QED) is 0.705. The van der Waals surface area contributed by atoms with E-state index >= 15 is 0 Å². The number of hydrogen-bond acceptors (Lipinski definition) is 3. The van der Waals surface area contributed by atoms with Crippen LogP contribution in [0.2, 0.25) is 0 Å². The maximum absolute atomic E-state index is 9.77.